The van der Waals surface area contributed by atoms with E-state index in [4.69, 9.17) is 9.47 Å². The number of rotatable bonds is 4. The SMILES string of the molecule is COc1ccc(C2=NC(=Cc3cccc([N+](=O)[O-])c3)C(=O)O2)cc1. The summed E-state index contributed by atoms with van der Waals surface area (Å²) in [7, 11) is 1.56. The third-order valence-corrected chi connectivity index (χ3v) is 3.34. The molecule has 0 amide bonds. The minimum atomic E-state index is -0.604. The molecule has 3 rings (SSSR count). The monoisotopic (exact) mass is 324 g/mol. The lowest BCUT2D eigenvalue weighted by Crippen LogP contribution is -2.05. The van der Waals surface area contributed by atoms with Crippen molar-refractivity contribution in [3.8, 4) is 5.75 Å². The van der Waals surface area contributed by atoms with Gasteiger partial charge < -0.3 is 9.47 Å². The predicted molar refractivity (Wildman–Crippen MR) is 86.7 cm³/mol. The minimum Gasteiger partial charge on any atom is -0.497 e. The molecule has 2 aromatic carbocycles. The first-order chi connectivity index (χ1) is 11.6. The number of methoxy groups -OCH3 is 1. The highest BCUT2D eigenvalue weighted by Crippen LogP contribution is 2.22. The number of carbonyl (C=O) groups is 1. The Kier molecular flexibility index (Phi) is 4.07. The summed E-state index contributed by atoms with van der Waals surface area (Å²) < 4.78 is 10.2. The summed E-state index contributed by atoms with van der Waals surface area (Å²) in [5.74, 6) is 0.252. The summed E-state index contributed by atoms with van der Waals surface area (Å²) in [6.07, 6.45) is 1.45. The van der Waals surface area contributed by atoms with Crippen molar-refractivity contribution in [2.45, 2.75) is 0 Å². The van der Waals surface area contributed by atoms with Gasteiger partial charge in [-0.25, -0.2) is 9.79 Å². The molecule has 0 atom stereocenters. The van der Waals surface area contributed by atoms with Gasteiger partial charge in [0.1, 0.15) is 5.75 Å². The van der Waals surface area contributed by atoms with Crippen LogP contribution in [0.15, 0.2) is 59.2 Å². The van der Waals surface area contributed by atoms with Crippen LogP contribution in [0.2, 0.25) is 0 Å². The van der Waals surface area contributed by atoms with Crippen molar-refractivity contribution in [2.24, 2.45) is 4.99 Å². The van der Waals surface area contributed by atoms with E-state index in [9.17, 15) is 14.9 Å². The fourth-order valence-corrected chi connectivity index (χ4v) is 2.15. The molecule has 120 valence electrons. The van der Waals surface area contributed by atoms with E-state index in [2.05, 4.69) is 4.99 Å². The molecule has 0 spiro atoms. The fourth-order valence-electron chi connectivity index (χ4n) is 2.15. The number of carbonyl (C=O) groups excluding carboxylic acids is 1. The number of hydrogen-bond donors (Lipinski definition) is 0. The topological polar surface area (TPSA) is 91.0 Å². The second-order valence-corrected chi connectivity index (χ2v) is 4.92. The highest BCUT2D eigenvalue weighted by atomic mass is 16.6. The first kappa shape index (κ1) is 15.4. The number of aliphatic imine (C=N–C) groups is 1. The second-order valence-electron chi connectivity index (χ2n) is 4.92. The molecule has 1 heterocycles. The van der Waals surface area contributed by atoms with E-state index in [-0.39, 0.29) is 17.3 Å². The van der Waals surface area contributed by atoms with Gasteiger partial charge in [0.25, 0.3) is 5.69 Å². The van der Waals surface area contributed by atoms with E-state index >= 15 is 0 Å². The summed E-state index contributed by atoms with van der Waals surface area (Å²) in [6, 6.07) is 12.8. The van der Waals surface area contributed by atoms with Gasteiger partial charge in [-0.1, -0.05) is 12.1 Å². The molecule has 0 aliphatic carbocycles. The molecule has 7 nitrogen and oxygen atoms in total. The van der Waals surface area contributed by atoms with Crippen molar-refractivity contribution < 1.29 is 19.2 Å². The van der Waals surface area contributed by atoms with E-state index in [1.54, 1.807) is 43.5 Å². The third-order valence-electron chi connectivity index (χ3n) is 3.34. The zero-order chi connectivity index (χ0) is 17.1. The van der Waals surface area contributed by atoms with Crippen LogP contribution < -0.4 is 4.74 Å². The van der Waals surface area contributed by atoms with Crippen molar-refractivity contribution in [2.75, 3.05) is 7.11 Å². The molecule has 7 heteroatoms. The molecular weight excluding hydrogens is 312 g/mol. The summed E-state index contributed by atoms with van der Waals surface area (Å²) >= 11 is 0. The molecule has 1 aliphatic rings. The quantitative estimate of drug-likeness (QED) is 0.373. The smallest absolute Gasteiger partial charge is 0.363 e. The number of non-ortho nitro benzene ring substituents is 1. The Labute approximate surface area is 137 Å². The molecule has 2 aromatic rings. The molecule has 1 aliphatic heterocycles. The van der Waals surface area contributed by atoms with Crippen LogP contribution in [0.4, 0.5) is 5.69 Å². The second kappa shape index (κ2) is 6.33. The summed E-state index contributed by atoms with van der Waals surface area (Å²) in [4.78, 5) is 26.4. The van der Waals surface area contributed by atoms with Gasteiger partial charge in [0.05, 0.1) is 12.0 Å². The van der Waals surface area contributed by atoms with Gasteiger partial charge >= 0.3 is 5.97 Å². The third kappa shape index (κ3) is 3.14. The van der Waals surface area contributed by atoms with Gasteiger partial charge in [-0.2, -0.15) is 0 Å². The largest absolute Gasteiger partial charge is 0.497 e. The van der Waals surface area contributed by atoms with Crippen LogP contribution in [0.5, 0.6) is 5.75 Å². The van der Waals surface area contributed by atoms with Crippen molar-refractivity contribution in [1.82, 2.24) is 0 Å². The number of nitro benzene ring substituents is 1. The summed E-state index contributed by atoms with van der Waals surface area (Å²) in [5.41, 5.74) is 1.15. The van der Waals surface area contributed by atoms with E-state index in [0.29, 0.717) is 16.9 Å². The number of nitro groups is 1. The maximum absolute atomic E-state index is 11.9. The van der Waals surface area contributed by atoms with Crippen LogP contribution in [0.3, 0.4) is 0 Å². The first-order valence-electron chi connectivity index (χ1n) is 6.98. The van der Waals surface area contributed by atoms with E-state index in [0.717, 1.165) is 0 Å². The zero-order valence-electron chi connectivity index (χ0n) is 12.6. The van der Waals surface area contributed by atoms with Crippen molar-refractivity contribution >= 4 is 23.6 Å². The Morgan fingerprint density at radius 2 is 1.96 bits per heavy atom. The van der Waals surface area contributed by atoms with Gasteiger partial charge in [0.2, 0.25) is 5.90 Å². The van der Waals surface area contributed by atoms with Gasteiger partial charge in [0, 0.05) is 17.7 Å². The summed E-state index contributed by atoms with van der Waals surface area (Å²) in [6.45, 7) is 0. The Hall–Kier alpha value is -3.48. The molecule has 0 radical (unpaired) electrons. The van der Waals surface area contributed by atoms with Gasteiger partial charge in [-0.3, -0.25) is 10.1 Å². The van der Waals surface area contributed by atoms with Crippen LogP contribution in [-0.2, 0) is 9.53 Å². The van der Waals surface area contributed by atoms with Crippen molar-refractivity contribution in [3.05, 3.63) is 75.5 Å². The number of benzene rings is 2. The van der Waals surface area contributed by atoms with E-state index in [1.807, 2.05) is 0 Å². The van der Waals surface area contributed by atoms with E-state index < -0.39 is 10.9 Å². The van der Waals surface area contributed by atoms with Crippen LogP contribution in [0.25, 0.3) is 6.08 Å². The molecule has 0 saturated carbocycles. The van der Waals surface area contributed by atoms with Gasteiger partial charge in [0.15, 0.2) is 5.70 Å². The maximum Gasteiger partial charge on any atom is 0.363 e. The molecule has 0 bridgehead atoms. The summed E-state index contributed by atoms with van der Waals surface area (Å²) in [5, 5.41) is 10.8. The number of nitrogens with zero attached hydrogens (tertiary/aromatic N) is 2. The van der Waals surface area contributed by atoms with Crippen molar-refractivity contribution in [1.29, 1.82) is 0 Å². The molecular formula is C17H12N2O5. The van der Waals surface area contributed by atoms with Gasteiger partial charge in [-0.05, 0) is 35.9 Å². The molecule has 24 heavy (non-hydrogen) atoms. The lowest BCUT2D eigenvalue weighted by Gasteiger charge is -2.01. The average Bonchev–Trinajstić information content (AvgIpc) is 2.96. The highest BCUT2D eigenvalue weighted by molar-refractivity contribution is 6.12. The molecule has 0 fully saturated rings. The van der Waals surface area contributed by atoms with E-state index in [1.165, 1.54) is 18.2 Å². The first-order valence-corrected chi connectivity index (χ1v) is 6.98. The number of hydrogen-bond acceptors (Lipinski definition) is 6. The Morgan fingerprint density at radius 1 is 1.21 bits per heavy atom. The Bertz CT molecular complexity index is 869. The fraction of sp³-hybridized carbons (Fsp3) is 0.0588. The standard InChI is InChI=1S/C17H12N2O5/c1-23-14-7-5-12(6-8-14)16-18-15(17(20)24-16)10-11-3-2-4-13(9-11)19(21)22/h2-10H,1H3. The Morgan fingerprint density at radius 3 is 2.62 bits per heavy atom. The molecule has 0 unspecified atom stereocenters. The van der Waals surface area contributed by atoms with Crippen LogP contribution in [0.1, 0.15) is 11.1 Å². The lowest BCUT2D eigenvalue weighted by molar-refractivity contribution is -0.384. The zero-order valence-corrected chi connectivity index (χ0v) is 12.6. The van der Waals surface area contributed by atoms with Crippen LogP contribution in [0, 0.1) is 10.1 Å². The maximum atomic E-state index is 11.9. The molecule has 0 N–H and O–H groups in total. The predicted octanol–water partition coefficient (Wildman–Crippen LogP) is 2.95. The minimum absolute atomic E-state index is 0.0601. The number of cyclic esters (lactones) is 1. The number of ether oxygens (including phenoxy) is 2. The number of esters is 1. The highest BCUT2D eigenvalue weighted by Gasteiger charge is 2.24. The lowest BCUT2D eigenvalue weighted by atomic mass is 10.1. The molecule has 0 saturated heterocycles. The van der Waals surface area contributed by atoms with Gasteiger partial charge in [-0.15, -0.1) is 0 Å². The Balaban J connectivity index is 1.90. The molecule has 0 aromatic heterocycles. The normalized spacial score (nSPS) is 15.1. The van der Waals surface area contributed by atoms with Crippen molar-refractivity contribution in [3.63, 3.8) is 0 Å². The average molecular weight is 324 g/mol. The van der Waals surface area contributed by atoms with Crippen LogP contribution >= 0.6 is 0 Å². The van der Waals surface area contributed by atoms with Crippen LogP contribution in [-0.4, -0.2) is 23.9 Å².